The fourth-order valence-electron chi connectivity index (χ4n) is 2.04. The lowest BCUT2D eigenvalue weighted by molar-refractivity contribution is -0.138. The van der Waals surface area contributed by atoms with Gasteiger partial charge in [-0.3, -0.25) is 19.8 Å². The van der Waals surface area contributed by atoms with Crippen LogP contribution in [0.1, 0.15) is 28.8 Å². The van der Waals surface area contributed by atoms with Crippen LogP contribution in [-0.4, -0.2) is 22.9 Å². The molecule has 0 bridgehead atoms. The number of carbonyl (C=O) groups is 3. The lowest BCUT2D eigenvalue weighted by Crippen LogP contribution is -2.46. The number of aliphatic carboxylic acids is 1. The normalized spacial score (nSPS) is 10.0. The Morgan fingerprint density at radius 2 is 1.58 bits per heavy atom. The van der Waals surface area contributed by atoms with Crippen LogP contribution in [-0.2, 0) is 9.59 Å². The number of nitrogens with zero attached hydrogens (tertiary/aromatic N) is 1. The van der Waals surface area contributed by atoms with Crippen LogP contribution in [0.15, 0.2) is 54.6 Å². The van der Waals surface area contributed by atoms with E-state index in [0.717, 1.165) is 10.6 Å². The first-order chi connectivity index (χ1) is 11.5. The number of para-hydroxylation sites is 1. The number of hydrogen-bond donors (Lipinski definition) is 2. The van der Waals surface area contributed by atoms with Gasteiger partial charge in [0.15, 0.2) is 0 Å². The summed E-state index contributed by atoms with van der Waals surface area (Å²) in [6, 6.07) is 15.6. The molecule has 124 valence electrons. The second-order valence-electron chi connectivity index (χ2n) is 5.27. The molecule has 0 saturated carbocycles. The zero-order valence-electron chi connectivity index (χ0n) is 13.2. The summed E-state index contributed by atoms with van der Waals surface area (Å²) < 4.78 is 0. The lowest BCUT2D eigenvalue weighted by atomic mass is 10.1. The zero-order chi connectivity index (χ0) is 17.5. The third kappa shape index (κ3) is 4.67. The van der Waals surface area contributed by atoms with Gasteiger partial charge in [0.2, 0.25) is 5.91 Å². The molecule has 6 heteroatoms. The van der Waals surface area contributed by atoms with Crippen molar-refractivity contribution in [2.75, 3.05) is 5.01 Å². The summed E-state index contributed by atoms with van der Waals surface area (Å²) in [5.74, 6) is -2.01. The summed E-state index contributed by atoms with van der Waals surface area (Å²) >= 11 is 0. The predicted octanol–water partition coefficient (Wildman–Crippen LogP) is 2.54. The second kappa shape index (κ2) is 7.92. The van der Waals surface area contributed by atoms with E-state index < -0.39 is 17.8 Å². The Labute approximate surface area is 139 Å². The molecule has 0 saturated heterocycles. The Balaban J connectivity index is 2.23. The number of rotatable bonds is 5. The molecule has 0 unspecified atom stereocenters. The van der Waals surface area contributed by atoms with E-state index in [1.807, 2.05) is 19.1 Å². The van der Waals surface area contributed by atoms with Gasteiger partial charge in [-0.15, -0.1) is 0 Å². The number of carboxylic acid groups (broad SMARTS) is 1. The van der Waals surface area contributed by atoms with E-state index in [4.69, 9.17) is 5.11 Å². The molecule has 0 aliphatic rings. The molecule has 2 N–H and O–H groups in total. The van der Waals surface area contributed by atoms with E-state index in [2.05, 4.69) is 5.43 Å². The quantitative estimate of drug-likeness (QED) is 0.827. The van der Waals surface area contributed by atoms with Gasteiger partial charge in [-0.05, 0) is 31.2 Å². The molecular formula is C18H18N2O4. The van der Waals surface area contributed by atoms with Crippen LogP contribution in [0.2, 0.25) is 0 Å². The Morgan fingerprint density at radius 3 is 2.17 bits per heavy atom. The first-order valence-electron chi connectivity index (χ1n) is 7.45. The van der Waals surface area contributed by atoms with Gasteiger partial charge >= 0.3 is 5.97 Å². The summed E-state index contributed by atoms with van der Waals surface area (Å²) in [5, 5.41) is 9.80. The van der Waals surface area contributed by atoms with Gasteiger partial charge in [0.05, 0.1) is 12.1 Å². The number of aryl methyl sites for hydroxylation is 1. The van der Waals surface area contributed by atoms with Crippen LogP contribution in [0, 0.1) is 6.92 Å². The maximum Gasteiger partial charge on any atom is 0.303 e. The highest BCUT2D eigenvalue weighted by atomic mass is 16.4. The fourth-order valence-corrected chi connectivity index (χ4v) is 2.04. The molecule has 0 aromatic heterocycles. The number of carboxylic acids is 1. The summed E-state index contributed by atoms with van der Waals surface area (Å²) in [7, 11) is 0. The van der Waals surface area contributed by atoms with E-state index in [9.17, 15) is 14.4 Å². The first kappa shape index (κ1) is 17.2. The Kier molecular flexibility index (Phi) is 5.68. The largest absolute Gasteiger partial charge is 0.481 e. The maximum atomic E-state index is 12.7. The van der Waals surface area contributed by atoms with E-state index in [0.29, 0.717) is 11.3 Å². The van der Waals surface area contributed by atoms with Crippen molar-refractivity contribution in [1.82, 2.24) is 5.43 Å². The minimum atomic E-state index is -1.07. The molecule has 0 aliphatic heterocycles. The number of amides is 2. The van der Waals surface area contributed by atoms with Gasteiger partial charge in [-0.25, -0.2) is 5.01 Å². The highest BCUT2D eigenvalue weighted by Crippen LogP contribution is 2.15. The fraction of sp³-hybridized carbons (Fsp3) is 0.167. The minimum Gasteiger partial charge on any atom is -0.481 e. The molecular weight excluding hydrogens is 308 g/mol. The smallest absolute Gasteiger partial charge is 0.303 e. The molecule has 0 spiro atoms. The predicted molar refractivity (Wildman–Crippen MR) is 89.4 cm³/mol. The standard InChI is InChI=1S/C18H18N2O4/c1-13-7-9-14(10-8-13)18(24)20(15-5-3-2-4-6-15)19-16(21)11-12-17(22)23/h2-10H,11-12H2,1H3,(H,19,21)(H,22,23). The molecule has 2 rings (SSSR count). The molecule has 2 aromatic rings. The van der Waals surface area contributed by atoms with Crippen molar-refractivity contribution in [3.05, 3.63) is 65.7 Å². The van der Waals surface area contributed by atoms with Crippen molar-refractivity contribution < 1.29 is 19.5 Å². The highest BCUT2D eigenvalue weighted by Gasteiger charge is 2.20. The zero-order valence-corrected chi connectivity index (χ0v) is 13.2. The van der Waals surface area contributed by atoms with Gasteiger partial charge in [0.1, 0.15) is 0 Å². The van der Waals surface area contributed by atoms with Crippen LogP contribution < -0.4 is 10.4 Å². The summed E-state index contributed by atoms with van der Waals surface area (Å²) in [6.07, 6.45) is -0.507. The first-order valence-corrected chi connectivity index (χ1v) is 7.45. The van der Waals surface area contributed by atoms with E-state index in [1.165, 1.54) is 0 Å². The average Bonchev–Trinajstić information content (AvgIpc) is 2.58. The number of anilines is 1. The van der Waals surface area contributed by atoms with Gasteiger partial charge in [-0.2, -0.15) is 0 Å². The average molecular weight is 326 g/mol. The highest BCUT2D eigenvalue weighted by molar-refractivity contribution is 6.07. The molecule has 24 heavy (non-hydrogen) atoms. The number of hydrazine groups is 1. The van der Waals surface area contributed by atoms with E-state index >= 15 is 0 Å². The van der Waals surface area contributed by atoms with Gasteiger partial charge < -0.3 is 5.11 Å². The number of benzene rings is 2. The number of carbonyl (C=O) groups excluding carboxylic acids is 2. The Bertz CT molecular complexity index is 726. The molecule has 0 radical (unpaired) electrons. The third-order valence-electron chi connectivity index (χ3n) is 3.32. The van der Waals surface area contributed by atoms with Crippen LogP contribution in [0.5, 0.6) is 0 Å². The Hall–Kier alpha value is -3.15. The third-order valence-corrected chi connectivity index (χ3v) is 3.32. The van der Waals surface area contributed by atoms with Gasteiger partial charge in [0.25, 0.3) is 5.91 Å². The summed E-state index contributed by atoms with van der Waals surface area (Å²) in [4.78, 5) is 35.3. The number of hydrogen-bond acceptors (Lipinski definition) is 3. The van der Waals surface area contributed by atoms with E-state index in [-0.39, 0.29) is 12.8 Å². The van der Waals surface area contributed by atoms with Crippen molar-refractivity contribution >= 4 is 23.5 Å². The van der Waals surface area contributed by atoms with Crippen molar-refractivity contribution in [2.45, 2.75) is 19.8 Å². The molecule has 0 atom stereocenters. The summed E-state index contributed by atoms with van der Waals surface area (Å²) in [6.45, 7) is 1.91. The topological polar surface area (TPSA) is 86.7 Å². The second-order valence-corrected chi connectivity index (χ2v) is 5.27. The van der Waals surface area contributed by atoms with Gasteiger partial charge in [0, 0.05) is 12.0 Å². The molecule has 0 aliphatic carbocycles. The Morgan fingerprint density at radius 1 is 0.958 bits per heavy atom. The van der Waals surface area contributed by atoms with Crippen molar-refractivity contribution in [2.24, 2.45) is 0 Å². The molecule has 2 aromatic carbocycles. The number of nitrogens with one attached hydrogen (secondary N) is 1. The molecule has 6 nitrogen and oxygen atoms in total. The van der Waals surface area contributed by atoms with Crippen molar-refractivity contribution in [3.8, 4) is 0 Å². The minimum absolute atomic E-state index is 0.208. The molecule has 0 fully saturated rings. The van der Waals surface area contributed by atoms with Crippen LogP contribution >= 0.6 is 0 Å². The molecule has 0 heterocycles. The van der Waals surface area contributed by atoms with Gasteiger partial charge in [-0.1, -0.05) is 35.9 Å². The SMILES string of the molecule is Cc1ccc(C(=O)N(NC(=O)CCC(=O)O)c2ccccc2)cc1. The lowest BCUT2D eigenvalue weighted by Gasteiger charge is -2.23. The van der Waals surface area contributed by atoms with Crippen molar-refractivity contribution in [1.29, 1.82) is 0 Å². The maximum absolute atomic E-state index is 12.7. The molecule has 2 amide bonds. The monoisotopic (exact) mass is 326 g/mol. The van der Waals surface area contributed by atoms with E-state index in [1.54, 1.807) is 42.5 Å². The van der Waals surface area contributed by atoms with Crippen LogP contribution in [0.3, 0.4) is 0 Å². The van der Waals surface area contributed by atoms with Crippen molar-refractivity contribution in [3.63, 3.8) is 0 Å². The van der Waals surface area contributed by atoms with Crippen LogP contribution in [0.4, 0.5) is 5.69 Å². The van der Waals surface area contributed by atoms with Crippen LogP contribution in [0.25, 0.3) is 0 Å². The summed E-state index contributed by atoms with van der Waals surface area (Å²) in [5.41, 5.74) is 4.41.